The van der Waals surface area contributed by atoms with Gasteiger partial charge in [-0.3, -0.25) is 12.2 Å². The van der Waals surface area contributed by atoms with Crippen molar-refractivity contribution < 1.29 is 68.2 Å². The molecular weight excluding hydrogens is 423 g/mol. The molecule has 6 heteroatoms. The van der Waals surface area contributed by atoms with Gasteiger partial charge in [0, 0.05) is 0 Å². The molecule has 0 saturated carbocycles. The van der Waals surface area contributed by atoms with E-state index in [2.05, 4.69) is 50.3 Å². The number of allylic oxidation sites excluding steroid dienone is 6. The zero-order valence-electron chi connectivity index (χ0n) is 13.1. The minimum Gasteiger partial charge on any atom is -1.00 e. The SMILES string of the molecule is CCCSC1=[C-]CC=C1.CCCSC1=[C-]CC=C1.[Cl-].[Cl-].[Ti+2].[Ti+2]. The summed E-state index contributed by atoms with van der Waals surface area (Å²) in [6, 6.07) is 0. The Morgan fingerprint density at radius 3 is 1.41 bits per heavy atom. The first-order valence-corrected chi connectivity index (χ1v) is 8.64. The van der Waals surface area contributed by atoms with Gasteiger partial charge in [-0.1, -0.05) is 13.8 Å². The molecule has 0 aromatic rings. The maximum Gasteiger partial charge on any atom is 2.00 e. The average molecular weight is 445 g/mol. The number of rotatable bonds is 6. The number of hydrogen-bond donors (Lipinski definition) is 0. The standard InChI is InChI=1S/2C8H11S.2ClH.2Ti/c2*1-2-7-9-8-5-3-4-6-8;;;;/h2*3,5H,2,4,7H2,1H3;2*1H;;/q2*-1;;;2*+2/p-2. The molecule has 0 nitrogen and oxygen atoms in total. The smallest absolute Gasteiger partial charge is 1.00 e. The number of thioether (sulfide) groups is 2. The second-order valence-corrected chi connectivity index (χ2v) is 6.27. The molecule has 22 heavy (non-hydrogen) atoms. The molecule has 0 bridgehead atoms. The van der Waals surface area contributed by atoms with Gasteiger partial charge in [0.15, 0.2) is 0 Å². The summed E-state index contributed by atoms with van der Waals surface area (Å²) in [5.41, 5.74) is 0. The molecule has 0 unspecified atom stereocenters. The van der Waals surface area contributed by atoms with E-state index < -0.39 is 0 Å². The van der Waals surface area contributed by atoms with Gasteiger partial charge in [0.2, 0.25) is 0 Å². The maximum absolute atomic E-state index is 3.26. The summed E-state index contributed by atoms with van der Waals surface area (Å²) in [6.07, 6.45) is 19.7. The minimum absolute atomic E-state index is 0. The van der Waals surface area contributed by atoms with Crippen molar-refractivity contribution >= 4 is 23.5 Å². The fraction of sp³-hybridized carbons (Fsp3) is 0.500. The van der Waals surface area contributed by atoms with E-state index in [1.807, 2.05) is 23.5 Å². The predicted octanol–water partition coefficient (Wildman–Crippen LogP) is -0.444. The Morgan fingerprint density at radius 2 is 1.18 bits per heavy atom. The molecule has 120 valence electrons. The first kappa shape index (κ1) is 31.4. The van der Waals surface area contributed by atoms with Crippen LogP contribution in [-0.4, -0.2) is 11.5 Å². The first-order chi connectivity index (χ1) is 8.86. The van der Waals surface area contributed by atoms with Gasteiger partial charge >= 0.3 is 43.4 Å². The van der Waals surface area contributed by atoms with Crippen LogP contribution in [0.4, 0.5) is 0 Å². The Kier molecular flexibility index (Phi) is 32.4. The van der Waals surface area contributed by atoms with E-state index in [-0.39, 0.29) is 68.2 Å². The molecule has 0 fully saturated rings. The van der Waals surface area contributed by atoms with Crippen LogP contribution in [0, 0.1) is 12.2 Å². The summed E-state index contributed by atoms with van der Waals surface area (Å²) in [5, 5.41) is 0. The third-order valence-electron chi connectivity index (χ3n) is 2.25. The zero-order chi connectivity index (χ0) is 13.1. The largest absolute Gasteiger partial charge is 2.00 e. The summed E-state index contributed by atoms with van der Waals surface area (Å²) in [5.74, 6) is 2.46. The molecule has 0 aromatic carbocycles. The Hall–Kier alpha value is 1.67. The van der Waals surface area contributed by atoms with Crippen LogP contribution in [0.5, 0.6) is 0 Å². The molecule has 0 atom stereocenters. The second kappa shape index (κ2) is 22.7. The van der Waals surface area contributed by atoms with Crippen LogP contribution >= 0.6 is 23.5 Å². The average Bonchev–Trinajstić information content (AvgIpc) is 3.07. The van der Waals surface area contributed by atoms with E-state index in [1.165, 1.54) is 34.2 Å². The fourth-order valence-corrected chi connectivity index (χ4v) is 2.99. The fourth-order valence-electron chi connectivity index (χ4n) is 1.39. The van der Waals surface area contributed by atoms with Crippen molar-refractivity contribution in [3.63, 3.8) is 0 Å². The number of hydrogen-bond acceptors (Lipinski definition) is 2. The maximum atomic E-state index is 3.26. The molecule has 0 saturated heterocycles. The molecule has 0 heterocycles. The van der Waals surface area contributed by atoms with Gasteiger partial charge in [-0.25, -0.2) is 12.2 Å². The topological polar surface area (TPSA) is 0 Å². The van der Waals surface area contributed by atoms with E-state index >= 15 is 0 Å². The van der Waals surface area contributed by atoms with Gasteiger partial charge in [-0.05, 0) is 24.3 Å². The van der Waals surface area contributed by atoms with Crippen molar-refractivity contribution in [1.29, 1.82) is 0 Å². The van der Waals surface area contributed by atoms with Crippen molar-refractivity contribution in [3.05, 3.63) is 46.3 Å². The first-order valence-electron chi connectivity index (χ1n) is 6.67. The van der Waals surface area contributed by atoms with Gasteiger partial charge in [0.25, 0.3) is 0 Å². The molecule has 2 aliphatic carbocycles. The van der Waals surface area contributed by atoms with Gasteiger partial charge in [-0.15, -0.1) is 12.8 Å². The summed E-state index contributed by atoms with van der Waals surface area (Å²) in [4.78, 5) is 2.66. The van der Waals surface area contributed by atoms with Gasteiger partial charge in [-0.2, -0.15) is 45.5 Å². The van der Waals surface area contributed by atoms with Crippen LogP contribution < -0.4 is 24.8 Å². The third-order valence-corrected chi connectivity index (χ3v) is 4.66. The van der Waals surface area contributed by atoms with E-state index in [0.29, 0.717) is 0 Å². The van der Waals surface area contributed by atoms with E-state index in [1.54, 1.807) is 0 Å². The van der Waals surface area contributed by atoms with Gasteiger partial charge < -0.3 is 24.8 Å². The van der Waals surface area contributed by atoms with Crippen molar-refractivity contribution in [2.75, 3.05) is 11.5 Å². The normalized spacial score (nSPS) is 13.4. The Morgan fingerprint density at radius 1 is 0.818 bits per heavy atom. The Labute approximate surface area is 187 Å². The third kappa shape index (κ3) is 16.5. The van der Waals surface area contributed by atoms with E-state index in [9.17, 15) is 0 Å². The molecule has 2 aliphatic rings. The minimum atomic E-state index is 0. The van der Waals surface area contributed by atoms with Crippen LogP contribution in [0.1, 0.15) is 39.5 Å². The molecule has 0 spiro atoms. The molecule has 0 radical (unpaired) electrons. The molecule has 0 N–H and O–H groups in total. The van der Waals surface area contributed by atoms with Crippen LogP contribution in [0.2, 0.25) is 0 Å². The molecule has 2 rings (SSSR count). The molecule has 0 aromatic heterocycles. The molecule has 0 aliphatic heterocycles. The van der Waals surface area contributed by atoms with E-state index in [0.717, 1.165) is 12.8 Å². The van der Waals surface area contributed by atoms with Crippen molar-refractivity contribution in [3.8, 4) is 0 Å². The van der Waals surface area contributed by atoms with Crippen LogP contribution in [0.15, 0.2) is 34.1 Å². The number of halogens is 2. The van der Waals surface area contributed by atoms with Crippen LogP contribution in [0.25, 0.3) is 0 Å². The summed E-state index contributed by atoms with van der Waals surface area (Å²) in [7, 11) is 0. The van der Waals surface area contributed by atoms with Crippen LogP contribution in [-0.2, 0) is 43.4 Å². The molecule has 0 amide bonds. The van der Waals surface area contributed by atoms with E-state index in [4.69, 9.17) is 0 Å². The van der Waals surface area contributed by atoms with Crippen molar-refractivity contribution in [2.45, 2.75) is 39.5 Å². The van der Waals surface area contributed by atoms with Gasteiger partial charge in [0.05, 0.1) is 0 Å². The van der Waals surface area contributed by atoms with Crippen molar-refractivity contribution in [2.24, 2.45) is 0 Å². The summed E-state index contributed by atoms with van der Waals surface area (Å²) < 4.78 is 0. The van der Waals surface area contributed by atoms with Gasteiger partial charge in [0.1, 0.15) is 0 Å². The second-order valence-electron chi connectivity index (χ2n) is 3.99. The summed E-state index contributed by atoms with van der Waals surface area (Å²) >= 11 is 3.81. The zero-order valence-corrected chi connectivity index (χ0v) is 19.4. The quantitative estimate of drug-likeness (QED) is 0.402. The van der Waals surface area contributed by atoms with Crippen LogP contribution in [0.3, 0.4) is 0 Å². The molecular formula is C16H22Cl2S2Ti2. The predicted molar refractivity (Wildman–Crippen MR) is 86.5 cm³/mol. The monoisotopic (exact) mass is 444 g/mol. The van der Waals surface area contributed by atoms with Crippen molar-refractivity contribution in [1.82, 2.24) is 0 Å². The summed E-state index contributed by atoms with van der Waals surface area (Å²) in [6.45, 7) is 4.40. The Bertz CT molecular complexity index is 320. The Balaban J connectivity index is -0.000000125.